The Morgan fingerprint density at radius 1 is 1.19 bits per heavy atom. The van der Waals surface area contributed by atoms with Gasteiger partial charge in [0, 0.05) is 33.2 Å². The SMILES string of the molecule is CC#CCn1c(N2CCNCC2)nc2c1c(=O)n(C(C)c1ccccc1)c(=O)n2C.O=C(O)C(F)(F)F. The van der Waals surface area contributed by atoms with Gasteiger partial charge in [-0.3, -0.25) is 18.5 Å². The lowest BCUT2D eigenvalue weighted by Gasteiger charge is -2.28. The number of aryl methyl sites for hydroxylation is 1. The molecular weight excluding hydrogens is 493 g/mol. The van der Waals surface area contributed by atoms with Crippen LogP contribution in [0.4, 0.5) is 19.1 Å². The van der Waals surface area contributed by atoms with Gasteiger partial charge in [-0.1, -0.05) is 36.3 Å². The maximum atomic E-state index is 13.6. The molecule has 1 atom stereocenters. The van der Waals surface area contributed by atoms with Gasteiger partial charge in [-0.25, -0.2) is 9.59 Å². The van der Waals surface area contributed by atoms with Crippen molar-refractivity contribution in [3.63, 3.8) is 0 Å². The molecule has 2 N–H and O–H groups in total. The number of aromatic nitrogens is 4. The van der Waals surface area contributed by atoms with E-state index in [2.05, 4.69) is 22.1 Å². The monoisotopic (exact) mass is 520 g/mol. The van der Waals surface area contributed by atoms with Crippen molar-refractivity contribution < 1.29 is 23.1 Å². The van der Waals surface area contributed by atoms with Gasteiger partial charge in [-0.15, -0.1) is 5.92 Å². The average Bonchev–Trinajstić information content (AvgIpc) is 3.27. The summed E-state index contributed by atoms with van der Waals surface area (Å²) in [5.41, 5.74) is 1.00. The number of alkyl halides is 3. The molecule has 1 aliphatic rings. The van der Waals surface area contributed by atoms with Crippen LogP contribution in [-0.2, 0) is 18.4 Å². The molecule has 198 valence electrons. The van der Waals surface area contributed by atoms with Crippen LogP contribution in [0.15, 0.2) is 39.9 Å². The Hall–Kier alpha value is -4.05. The lowest BCUT2D eigenvalue weighted by molar-refractivity contribution is -0.192. The average molecular weight is 521 g/mol. The Labute approximate surface area is 209 Å². The van der Waals surface area contributed by atoms with Crippen LogP contribution in [0.3, 0.4) is 0 Å². The molecule has 37 heavy (non-hydrogen) atoms. The zero-order valence-electron chi connectivity index (χ0n) is 20.5. The minimum absolute atomic E-state index is 0.337. The highest BCUT2D eigenvalue weighted by atomic mass is 19.4. The molecule has 0 radical (unpaired) electrons. The molecule has 1 aromatic carbocycles. The molecule has 1 fully saturated rings. The third kappa shape index (κ3) is 5.86. The number of benzene rings is 1. The van der Waals surface area contributed by atoms with Crippen molar-refractivity contribution in [3.8, 4) is 11.8 Å². The molecule has 3 heterocycles. The molecule has 2 aromatic heterocycles. The van der Waals surface area contributed by atoms with Crippen molar-refractivity contribution in [1.82, 2.24) is 24.0 Å². The number of carboxylic acid groups (broad SMARTS) is 1. The number of rotatable bonds is 4. The Kier molecular flexibility index (Phi) is 8.44. The molecule has 3 aromatic rings. The van der Waals surface area contributed by atoms with E-state index >= 15 is 0 Å². The summed E-state index contributed by atoms with van der Waals surface area (Å²) in [4.78, 5) is 42.5. The first-order valence-corrected chi connectivity index (χ1v) is 11.4. The molecule has 10 nitrogen and oxygen atoms in total. The summed E-state index contributed by atoms with van der Waals surface area (Å²) in [6.07, 6.45) is -5.08. The quantitative estimate of drug-likeness (QED) is 0.502. The van der Waals surface area contributed by atoms with Crippen molar-refractivity contribution in [3.05, 3.63) is 56.7 Å². The molecule has 13 heteroatoms. The number of anilines is 1. The first-order chi connectivity index (χ1) is 17.5. The highest BCUT2D eigenvalue weighted by Crippen LogP contribution is 2.21. The van der Waals surface area contributed by atoms with Crippen LogP contribution in [0.1, 0.15) is 25.5 Å². The summed E-state index contributed by atoms with van der Waals surface area (Å²) >= 11 is 0. The van der Waals surface area contributed by atoms with Crippen LogP contribution in [0, 0.1) is 11.8 Å². The zero-order valence-corrected chi connectivity index (χ0v) is 20.5. The molecule has 1 unspecified atom stereocenters. The fourth-order valence-corrected chi connectivity index (χ4v) is 3.96. The predicted molar refractivity (Wildman–Crippen MR) is 132 cm³/mol. The lowest BCUT2D eigenvalue weighted by Crippen LogP contribution is -2.44. The third-order valence-electron chi connectivity index (χ3n) is 5.89. The number of piperazine rings is 1. The van der Waals surface area contributed by atoms with Crippen LogP contribution in [0.25, 0.3) is 11.2 Å². The zero-order chi connectivity index (χ0) is 27.3. The summed E-state index contributed by atoms with van der Waals surface area (Å²) in [7, 11) is 1.67. The smallest absolute Gasteiger partial charge is 0.475 e. The Bertz CT molecular complexity index is 1440. The summed E-state index contributed by atoms with van der Waals surface area (Å²) in [5.74, 6) is 3.89. The van der Waals surface area contributed by atoms with Gasteiger partial charge in [-0.2, -0.15) is 18.2 Å². The van der Waals surface area contributed by atoms with Gasteiger partial charge < -0.3 is 15.3 Å². The van der Waals surface area contributed by atoms with E-state index in [4.69, 9.17) is 14.9 Å². The van der Waals surface area contributed by atoms with Gasteiger partial charge in [-0.05, 0) is 19.4 Å². The van der Waals surface area contributed by atoms with Crippen LogP contribution < -0.4 is 21.5 Å². The number of imidazole rings is 1. The summed E-state index contributed by atoms with van der Waals surface area (Å²) in [6.45, 7) is 7.24. The first-order valence-electron chi connectivity index (χ1n) is 11.4. The number of carboxylic acids is 1. The molecule has 1 saturated heterocycles. The molecule has 0 aliphatic carbocycles. The number of nitrogens with one attached hydrogen (secondary N) is 1. The Balaban J connectivity index is 0.000000479. The summed E-state index contributed by atoms with van der Waals surface area (Å²) in [5, 5.41) is 10.5. The maximum Gasteiger partial charge on any atom is 0.490 e. The topological polar surface area (TPSA) is 114 Å². The fourth-order valence-electron chi connectivity index (χ4n) is 3.96. The van der Waals surface area contributed by atoms with Gasteiger partial charge in [0.15, 0.2) is 11.2 Å². The number of hydrogen-bond donors (Lipinski definition) is 2. The number of hydrogen-bond acceptors (Lipinski definition) is 6. The van der Waals surface area contributed by atoms with Crippen LogP contribution in [-0.4, -0.2) is 62.1 Å². The van der Waals surface area contributed by atoms with E-state index in [1.165, 1.54) is 9.13 Å². The van der Waals surface area contributed by atoms with Gasteiger partial charge in [0.25, 0.3) is 5.56 Å². The Morgan fingerprint density at radius 3 is 2.32 bits per heavy atom. The van der Waals surface area contributed by atoms with Crippen LogP contribution in [0.5, 0.6) is 0 Å². The molecule has 4 rings (SSSR count). The van der Waals surface area contributed by atoms with Crippen LogP contribution in [0.2, 0.25) is 0 Å². The molecule has 0 amide bonds. The molecule has 1 aliphatic heterocycles. The number of aliphatic carboxylic acids is 1. The van der Waals surface area contributed by atoms with E-state index < -0.39 is 18.2 Å². The minimum atomic E-state index is -5.08. The van der Waals surface area contributed by atoms with Gasteiger partial charge in [0.2, 0.25) is 5.95 Å². The Morgan fingerprint density at radius 2 is 1.78 bits per heavy atom. The van der Waals surface area contributed by atoms with Crippen molar-refractivity contribution in [1.29, 1.82) is 0 Å². The fraction of sp³-hybridized carbons (Fsp3) is 0.417. The van der Waals surface area contributed by atoms with E-state index in [0.29, 0.717) is 23.7 Å². The van der Waals surface area contributed by atoms with Gasteiger partial charge in [0.1, 0.15) is 0 Å². The normalized spacial score (nSPS) is 14.4. The van der Waals surface area contributed by atoms with Gasteiger partial charge in [0.05, 0.1) is 12.6 Å². The van der Waals surface area contributed by atoms with Crippen molar-refractivity contribution in [2.45, 2.75) is 32.6 Å². The van der Waals surface area contributed by atoms with E-state index in [0.717, 1.165) is 31.7 Å². The third-order valence-corrected chi connectivity index (χ3v) is 5.89. The first kappa shape index (κ1) is 27.5. The summed E-state index contributed by atoms with van der Waals surface area (Å²) < 4.78 is 36.4. The highest BCUT2D eigenvalue weighted by molar-refractivity contribution is 5.75. The number of halogens is 3. The summed E-state index contributed by atoms with van der Waals surface area (Å²) in [6, 6.07) is 9.18. The van der Waals surface area contributed by atoms with Gasteiger partial charge >= 0.3 is 17.8 Å². The number of carbonyl (C=O) groups is 1. The highest BCUT2D eigenvalue weighted by Gasteiger charge is 2.38. The standard InChI is InChI=1S/C22H26N6O2.C2HF3O2/c1-4-5-13-27-18-19(24-21(27)26-14-11-23-12-15-26)25(3)22(30)28(20(18)29)16(2)17-9-7-6-8-10-17;3-2(4,5)1(6)7/h6-10,16,23H,11-15H2,1-3H3;(H,6,7). The second-order valence-corrected chi connectivity index (χ2v) is 8.24. The van der Waals surface area contributed by atoms with Crippen molar-refractivity contribution in [2.24, 2.45) is 7.05 Å². The molecule has 0 spiro atoms. The maximum absolute atomic E-state index is 13.6. The molecule has 0 saturated carbocycles. The van der Waals surface area contributed by atoms with E-state index in [9.17, 15) is 22.8 Å². The number of nitrogens with zero attached hydrogens (tertiary/aromatic N) is 5. The van der Waals surface area contributed by atoms with Crippen molar-refractivity contribution >= 4 is 23.1 Å². The number of fused-ring (bicyclic) bond motifs is 1. The van der Waals surface area contributed by atoms with Crippen molar-refractivity contribution in [2.75, 3.05) is 31.1 Å². The predicted octanol–water partition coefficient (Wildman–Crippen LogP) is 1.57. The van der Waals surface area contributed by atoms with E-state index in [1.807, 2.05) is 41.8 Å². The van der Waals surface area contributed by atoms with E-state index in [1.54, 1.807) is 14.0 Å². The largest absolute Gasteiger partial charge is 0.490 e. The lowest BCUT2D eigenvalue weighted by atomic mass is 10.1. The second-order valence-electron chi connectivity index (χ2n) is 8.24. The van der Waals surface area contributed by atoms with E-state index in [-0.39, 0.29) is 11.2 Å². The molecule has 0 bridgehead atoms. The molecular formula is C24H27F3N6O4. The van der Waals surface area contributed by atoms with Crippen LogP contribution >= 0.6 is 0 Å². The second kappa shape index (κ2) is 11.3. The minimum Gasteiger partial charge on any atom is -0.475 e.